The molecule has 0 aromatic carbocycles. The van der Waals surface area contributed by atoms with Gasteiger partial charge in [0.1, 0.15) is 0 Å². The summed E-state index contributed by atoms with van der Waals surface area (Å²) in [5.41, 5.74) is 0. The summed E-state index contributed by atoms with van der Waals surface area (Å²) in [7, 11) is 0. The van der Waals surface area contributed by atoms with Gasteiger partial charge in [-0.25, -0.2) is 0 Å². The SMILES string of the molecule is [Br-].[Br-].[Br-].[Br-].[Cr+2].[Cs+].[Cs+]. The molecule has 0 amide bonds. The fourth-order valence-electron chi connectivity index (χ4n) is 0. The molecule has 0 aromatic rings. The van der Waals surface area contributed by atoms with Crippen molar-refractivity contribution in [2.24, 2.45) is 0 Å². The molecule has 0 saturated heterocycles. The van der Waals surface area contributed by atoms with E-state index in [4.69, 9.17) is 0 Å². The van der Waals surface area contributed by atoms with Gasteiger partial charge in [0.05, 0.1) is 0 Å². The molecule has 0 spiro atoms. The molecule has 7 heteroatoms. The average Bonchev–Trinajstić information content (AvgIpc) is 0. The molecule has 0 N–H and O–H groups in total. The second-order valence-corrected chi connectivity index (χ2v) is 0. The first-order valence-electron chi connectivity index (χ1n) is 0. The van der Waals surface area contributed by atoms with Crippen molar-refractivity contribution in [1.82, 2.24) is 0 Å². The molecular weight excluding hydrogens is 637 g/mol. The summed E-state index contributed by atoms with van der Waals surface area (Å²) in [5, 5.41) is 0. The van der Waals surface area contributed by atoms with Crippen molar-refractivity contribution in [3.8, 4) is 0 Å². The molecule has 36 valence electrons. The Hall–Kier alpha value is 6.56. The van der Waals surface area contributed by atoms with Crippen LogP contribution in [0, 0.1) is 0 Å². The molecule has 0 aliphatic rings. The molecule has 0 bridgehead atoms. The standard InChI is InChI=1S/4BrH.Cr.2Cs/h4*1H;;;/q;;;;+2;2*+1/p-4. The van der Waals surface area contributed by atoms with E-state index in [2.05, 4.69) is 0 Å². The fourth-order valence-corrected chi connectivity index (χ4v) is 0. The quantitative estimate of drug-likeness (QED) is 0.248. The topological polar surface area (TPSA) is 0 Å². The van der Waals surface area contributed by atoms with Gasteiger partial charge < -0.3 is 67.9 Å². The predicted molar refractivity (Wildman–Crippen MR) is 0 cm³/mol. The minimum absolute atomic E-state index is 0. The van der Waals surface area contributed by atoms with E-state index in [1.807, 2.05) is 0 Å². The fraction of sp³-hybridized carbons (Fsp3) is 0. The van der Waals surface area contributed by atoms with Crippen molar-refractivity contribution in [2.45, 2.75) is 0 Å². The van der Waals surface area contributed by atoms with Crippen molar-refractivity contribution < 1.29 is 223 Å². The van der Waals surface area contributed by atoms with Crippen LogP contribution < -0.4 is 206 Å². The van der Waals surface area contributed by atoms with Crippen LogP contribution >= 0.6 is 0 Å². The van der Waals surface area contributed by atoms with Gasteiger partial charge in [0.25, 0.3) is 0 Å². The second-order valence-electron chi connectivity index (χ2n) is 0. The van der Waals surface area contributed by atoms with Crippen molar-refractivity contribution in [3.05, 3.63) is 0 Å². The maximum atomic E-state index is 0. The molecule has 0 aromatic heterocycles. The van der Waals surface area contributed by atoms with Gasteiger partial charge in [-0.1, -0.05) is 0 Å². The van der Waals surface area contributed by atoms with Gasteiger partial charge in [-0.15, -0.1) is 0 Å². The maximum Gasteiger partial charge on any atom is 2.00 e. The van der Waals surface area contributed by atoms with E-state index in [0.717, 1.165) is 0 Å². The van der Waals surface area contributed by atoms with Gasteiger partial charge in [0.2, 0.25) is 0 Å². The number of hydrogen-bond acceptors (Lipinski definition) is 0. The first-order chi connectivity index (χ1) is 0. The molecule has 0 fully saturated rings. The molecule has 0 radical (unpaired) electrons. The van der Waals surface area contributed by atoms with Gasteiger partial charge in [-0.05, 0) is 0 Å². The monoisotopic (exact) mass is 633 g/mol. The van der Waals surface area contributed by atoms with Crippen molar-refractivity contribution in [2.75, 3.05) is 0 Å². The maximum absolute atomic E-state index is 0. The van der Waals surface area contributed by atoms with Gasteiger partial charge in [-0.2, -0.15) is 0 Å². The van der Waals surface area contributed by atoms with Crippen LogP contribution in [0.5, 0.6) is 0 Å². The Labute approximate surface area is 215 Å². The van der Waals surface area contributed by atoms with E-state index < -0.39 is 0 Å². The summed E-state index contributed by atoms with van der Waals surface area (Å²) in [4.78, 5) is 0. The Kier molecular flexibility index (Phi) is 277. The number of rotatable bonds is 0. The third-order valence-corrected chi connectivity index (χ3v) is 0. The van der Waals surface area contributed by atoms with E-state index >= 15 is 0 Å². The average molecular weight is 637 g/mol. The van der Waals surface area contributed by atoms with Crippen LogP contribution in [0.3, 0.4) is 0 Å². The number of halogens is 4. The third-order valence-electron chi connectivity index (χ3n) is 0. The molecule has 0 aliphatic heterocycles. The van der Waals surface area contributed by atoms with Crippen LogP contribution in [0.1, 0.15) is 0 Å². The summed E-state index contributed by atoms with van der Waals surface area (Å²) >= 11 is 0. The largest absolute Gasteiger partial charge is 2.00 e. The van der Waals surface area contributed by atoms with Crippen LogP contribution in [0.25, 0.3) is 0 Å². The normalized spacial score (nSPS) is 0. The Bertz CT molecular complexity index is 9.65. The summed E-state index contributed by atoms with van der Waals surface area (Å²) in [6, 6.07) is 0. The first kappa shape index (κ1) is 49.7. The molecular formula is Br4CrCs2. The van der Waals surface area contributed by atoms with E-state index in [1.165, 1.54) is 0 Å². The summed E-state index contributed by atoms with van der Waals surface area (Å²) in [6.07, 6.45) is 0. The summed E-state index contributed by atoms with van der Waals surface area (Å²) < 4.78 is 0. The van der Waals surface area contributed by atoms with E-state index in [-0.39, 0.29) is 223 Å². The van der Waals surface area contributed by atoms with Gasteiger partial charge in [0, 0.05) is 0 Å². The Morgan fingerprint density at radius 2 is 0.429 bits per heavy atom. The molecule has 0 nitrogen and oxygen atoms in total. The van der Waals surface area contributed by atoms with E-state index in [0.29, 0.717) is 0 Å². The van der Waals surface area contributed by atoms with Gasteiger partial charge in [-0.3, -0.25) is 0 Å². The Morgan fingerprint density at radius 3 is 0.429 bits per heavy atom. The Balaban J connectivity index is 0. The molecule has 0 rings (SSSR count). The zero-order valence-electron chi connectivity index (χ0n) is 3.92. The van der Waals surface area contributed by atoms with Crippen LogP contribution in [0.4, 0.5) is 0 Å². The van der Waals surface area contributed by atoms with Crippen LogP contribution in [0.2, 0.25) is 0 Å². The summed E-state index contributed by atoms with van der Waals surface area (Å²) in [6.45, 7) is 0. The van der Waals surface area contributed by atoms with Crippen LogP contribution in [-0.4, -0.2) is 0 Å². The van der Waals surface area contributed by atoms with Crippen molar-refractivity contribution in [3.63, 3.8) is 0 Å². The molecule has 0 atom stereocenters. The first-order valence-corrected chi connectivity index (χ1v) is 0. The molecule has 7 heavy (non-hydrogen) atoms. The predicted octanol–water partition coefficient (Wildman–Crippen LogP) is -18.0. The van der Waals surface area contributed by atoms with Gasteiger partial charge >= 0.3 is 155 Å². The van der Waals surface area contributed by atoms with E-state index in [9.17, 15) is 0 Å². The smallest absolute Gasteiger partial charge is 1.00 e. The number of hydrogen-bond donors (Lipinski definition) is 0. The zero-order valence-corrected chi connectivity index (χ0v) is 24.1. The minimum atomic E-state index is 0. The second kappa shape index (κ2) is 39.0. The van der Waals surface area contributed by atoms with Crippen LogP contribution in [-0.2, 0) is 17.4 Å². The van der Waals surface area contributed by atoms with Crippen molar-refractivity contribution in [1.29, 1.82) is 0 Å². The third kappa shape index (κ3) is 32.6. The minimum Gasteiger partial charge on any atom is -1.00 e. The molecule has 0 heterocycles. The Morgan fingerprint density at radius 1 is 0.429 bits per heavy atom. The molecule has 0 saturated carbocycles. The van der Waals surface area contributed by atoms with Gasteiger partial charge in [0.15, 0.2) is 0 Å². The zero-order chi connectivity index (χ0) is 0. The molecule has 0 unspecified atom stereocenters. The summed E-state index contributed by atoms with van der Waals surface area (Å²) in [5.74, 6) is 0. The van der Waals surface area contributed by atoms with Crippen molar-refractivity contribution >= 4 is 0 Å². The molecule has 0 aliphatic carbocycles. The van der Waals surface area contributed by atoms with E-state index in [1.54, 1.807) is 0 Å². The van der Waals surface area contributed by atoms with Crippen LogP contribution in [0.15, 0.2) is 0 Å².